The van der Waals surface area contributed by atoms with Gasteiger partial charge in [-0.2, -0.15) is 0 Å². The third-order valence-corrected chi connectivity index (χ3v) is 2.87. The van der Waals surface area contributed by atoms with Crippen LogP contribution in [0.25, 0.3) is 11.1 Å². The summed E-state index contributed by atoms with van der Waals surface area (Å²) in [4.78, 5) is 10.9. The number of rotatable bonds is 3. The molecule has 0 aliphatic rings. The molecule has 0 heterocycles. The van der Waals surface area contributed by atoms with Gasteiger partial charge in [0.1, 0.15) is 11.3 Å². The first-order chi connectivity index (χ1) is 11.0. The minimum Gasteiger partial charge on any atom is -0.406 e. The summed E-state index contributed by atoms with van der Waals surface area (Å²) in [5.74, 6) is -10.7. The Morgan fingerprint density at radius 1 is 0.958 bits per heavy atom. The highest BCUT2D eigenvalue weighted by molar-refractivity contribution is 5.94. The molecular formula is C14H6F7NO2. The summed E-state index contributed by atoms with van der Waals surface area (Å²) in [7, 11) is 0. The molecule has 2 aromatic rings. The number of alkyl halides is 3. The number of hydrogen-bond donors (Lipinski definition) is 1. The molecule has 128 valence electrons. The van der Waals surface area contributed by atoms with Gasteiger partial charge in [0.15, 0.2) is 23.3 Å². The van der Waals surface area contributed by atoms with Crippen LogP contribution in [0.2, 0.25) is 0 Å². The van der Waals surface area contributed by atoms with Gasteiger partial charge in [0.05, 0.1) is 5.56 Å². The third kappa shape index (κ3) is 3.26. The first kappa shape index (κ1) is 17.6. The number of halogens is 7. The van der Waals surface area contributed by atoms with Crippen LogP contribution in [0.1, 0.15) is 10.4 Å². The molecule has 24 heavy (non-hydrogen) atoms. The molecule has 0 saturated heterocycles. The van der Waals surface area contributed by atoms with Crippen LogP contribution in [-0.4, -0.2) is 12.3 Å². The smallest absolute Gasteiger partial charge is 0.406 e. The zero-order valence-corrected chi connectivity index (χ0v) is 11.3. The lowest BCUT2D eigenvalue weighted by molar-refractivity contribution is -0.274. The zero-order chi connectivity index (χ0) is 18.2. The van der Waals surface area contributed by atoms with Gasteiger partial charge in [-0.3, -0.25) is 4.79 Å². The van der Waals surface area contributed by atoms with E-state index in [4.69, 9.17) is 0 Å². The van der Waals surface area contributed by atoms with E-state index in [0.29, 0.717) is 6.07 Å². The second-order valence-corrected chi connectivity index (χ2v) is 4.45. The van der Waals surface area contributed by atoms with E-state index in [1.54, 1.807) is 0 Å². The van der Waals surface area contributed by atoms with Crippen molar-refractivity contribution in [2.75, 3.05) is 0 Å². The van der Waals surface area contributed by atoms with E-state index in [-0.39, 0.29) is 0 Å². The standard InChI is InChI=1S/C14H6F7NO2/c15-9-7(10(16)12(18)8(11(9)17)13(22)23)5-2-1-3-6(4-5)24-14(19,20)21/h1-4H,(H2,22,23). The van der Waals surface area contributed by atoms with Crippen molar-refractivity contribution in [1.29, 1.82) is 0 Å². The van der Waals surface area contributed by atoms with Crippen LogP contribution < -0.4 is 10.5 Å². The van der Waals surface area contributed by atoms with Gasteiger partial charge in [0.25, 0.3) is 5.91 Å². The zero-order valence-electron chi connectivity index (χ0n) is 11.3. The highest BCUT2D eigenvalue weighted by Gasteiger charge is 2.32. The molecule has 0 unspecified atom stereocenters. The number of amides is 1. The summed E-state index contributed by atoms with van der Waals surface area (Å²) in [6, 6.07) is 3.16. The summed E-state index contributed by atoms with van der Waals surface area (Å²) in [5, 5.41) is 0. The van der Waals surface area contributed by atoms with Crippen molar-refractivity contribution >= 4 is 5.91 Å². The molecule has 0 atom stereocenters. The summed E-state index contributed by atoms with van der Waals surface area (Å²) in [6.45, 7) is 0. The molecular weight excluding hydrogens is 347 g/mol. The maximum atomic E-state index is 14.0. The van der Waals surface area contributed by atoms with Crippen molar-refractivity contribution in [3.05, 3.63) is 53.1 Å². The summed E-state index contributed by atoms with van der Waals surface area (Å²) in [5.41, 5.74) is 1.07. The monoisotopic (exact) mass is 353 g/mol. The van der Waals surface area contributed by atoms with Gasteiger partial charge in [-0.15, -0.1) is 13.2 Å². The lowest BCUT2D eigenvalue weighted by atomic mass is 10.0. The molecule has 0 spiro atoms. The Balaban J connectivity index is 2.66. The fourth-order valence-corrected chi connectivity index (χ4v) is 1.95. The SMILES string of the molecule is NC(=O)c1c(F)c(F)c(-c2cccc(OC(F)(F)F)c2)c(F)c1F. The molecule has 0 bridgehead atoms. The van der Waals surface area contributed by atoms with E-state index in [9.17, 15) is 35.5 Å². The van der Waals surface area contributed by atoms with Crippen LogP contribution in [-0.2, 0) is 0 Å². The van der Waals surface area contributed by atoms with Crippen molar-refractivity contribution in [2.45, 2.75) is 6.36 Å². The van der Waals surface area contributed by atoms with Crippen LogP contribution in [0.5, 0.6) is 5.75 Å². The molecule has 0 saturated carbocycles. The highest BCUT2D eigenvalue weighted by Crippen LogP contribution is 2.34. The number of nitrogens with two attached hydrogens (primary N) is 1. The Kier molecular flexibility index (Phi) is 4.41. The molecule has 2 N–H and O–H groups in total. The molecule has 0 aromatic heterocycles. The molecule has 0 radical (unpaired) electrons. The van der Waals surface area contributed by atoms with Crippen LogP contribution >= 0.6 is 0 Å². The largest absolute Gasteiger partial charge is 0.573 e. The fraction of sp³-hybridized carbons (Fsp3) is 0.0714. The summed E-state index contributed by atoms with van der Waals surface area (Å²) in [6.07, 6.45) is -5.08. The van der Waals surface area contributed by atoms with Crippen molar-refractivity contribution in [2.24, 2.45) is 5.73 Å². The number of carbonyl (C=O) groups is 1. The second-order valence-electron chi connectivity index (χ2n) is 4.45. The van der Waals surface area contributed by atoms with E-state index in [1.165, 1.54) is 0 Å². The first-order valence-electron chi connectivity index (χ1n) is 6.05. The van der Waals surface area contributed by atoms with Crippen molar-refractivity contribution < 1.29 is 40.3 Å². The summed E-state index contributed by atoms with van der Waals surface area (Å²) < 4.78 is 95.4. The fourth-order valence-electron chi connectivity index (χ4n) is 1.95. The normalized spacial score (nSPS) is 11.5. The molecule has 0 aliphatic carbocycles. The lowest BCUT2D eigenvalue weighted by Gasteiger charge is -2.13. The van der Waals surface area contributed by atoms with Crippen molar-refractivity contribution in [1.82, 2.24) is 0 Å². The Bertz CT molecular complexity index is 788. The third-order valence-electron chi connectivity index (χ3n) is 2.87. The first-order valence-corrected chi connectivity index (χ1v) is 6.05. The topological polar surface area (TPSA) is 52.3 Å². The molecule has 0 aliphatic heterocycles. The minimum absolute atomic E-state index is 0.526. The average Bonchev–Trinajstić information content (AvgIpc) is 2.44. The summed E-state index contributed by atoms with van der Waals surface area (Å²) >= 11 is 0. The highest BCUT2D eigenvalue weighted by atomic mass is 19.4. The van der Waals surface area contributed by atoms with E-state index >= 15 is 0 Å². The number of carbonyl (C=O) groups excluding carboxylic acids is 1. The maximum Gasteiger partial charge on any atom is 0.573 e. The van der Waals surface area contributed by atoms with Gasteiger partial charge in [0, 0.05) is 0 Å². The molecule has 2 aromatic carbocycles. The van der Waals surface area contributed by atoms with E-state index < -0.39 is 58.0 Å². The quantitative estimate of drug-likeness (QED) is 0.672. The van der Waals surface area contributed by atoms with E-state index in [0.717, 1.165) is 18.2 Å². The number of ether oxygens (including phenoxy) is 1. The molecule has 2 rings (SSSR count). The van der Waals surface area contributed by atoms with Crippen LogP contribution in [0.3, 0.4) is 0 Å². The predicted octanol–water partition coefficient (Wildman–Crippen LogP) is 3.91. The molecule has 10 heteroatoms. The van der Waals surface area contributed by atoms with Crippen LogP contribution in [0.15, 0.2) is 24.3 Å². The lowest BCUT2D eigenvalue weighted by Crippen LogP contribution is -2.19. The molecule has 3 nitrogen and oxygen atoms in total. The van der Waals surface area contributed by atoms with Gasteiger partial charge in [-0.25, -0.2) is 17.6 Å². The van der Waals surface area contributed by atoms with E-state index in [1.807, 2.05) is 0 Å². The van der Waals surface area contributed by atoms with Gasteiger partial charge in [-0.1, -0.05) is 12.1 Å². The van der Waals surface area contributed by atoms with Gasteiger partial charge < -0.3 is 10.5 Å². The van der Waals surface area contributed by atoms with Gasteiger partial charge >= 0.3 is 6.36 Å². The van der Waals surface area contributed by atoms with Crippen molar-refractivity contribution in [3.63, 3.8) is 0 Å². The average molecular weight is 353 g/mol. The Morgan fingerprint density at radius 3 is 1.96 bits per heavy atom. The predicted molar refractivity (Wildman–Crippen MR) is 66.9 cm³/mol. The number of benzene rings is 2. The molecule has 0 fully saturated rings. The van der Waals surface area contributed by atoms with Gasteiger partial charge in [-0.05, 0) is 17.7 Å². The number of hydrogen-bond acceptors (Lipinski definition) is 2. The van der Waals surface area contributed by atoms with Gasteiger partial charge in [0.2, 0.25) is 0 Å². The Labute approximate surface area is 129 Å². The Morgan fingerprint density at radius 2 is 1.50 bits per heavy atom. The maximum absolute atomic E-state index is 14.0. The van der Waals surface area contributed by atoms with E-state index in [2.05, 4.69) is 10.5 Å². The minimum atomic E-state index is -5.08. The van der Waals surface area contributed by atoms with Crippen molar-refractivity contribution in [3.8, 4) is 16.9 Å². The van der Waals surface area contributed by atoms with Crippen LogP contribution in [0, 0.1) is 23.3 Å². The molecule has 1 amide bonds. The van der Waals surface area contributed by atoms with Crippen LogP contribution in [0.4, 0.5) is 30.7 Å². The number of primary amides is 1. The Hall–Kier alpha value is -2.78. The second kappa shape index (κ2) is 6.02.